The molecule has 0 aliphatic rings. The molecule has 14 heavy (non-hydrogen) atoms. The second-order valence-corrected chi connectivity index (χ2v) is 3.78. The molecular formula is C10H13ClN2S. The van der Waals surface area contributed by atoms with Gasteiger partial charge in [-0.15, -0.1) is 0 Å². The fraction of sp³-hybridized carbons (Fsp3) is 0.300. The first kappa shape index (κ1) is 11.3. The van der Waals surface area contributed by atoms with Crippen molar-refractivity contribution in [1.29, 1.82) is 0 Å². The Kier molecular flexibility index (Phi) is 4.17. The highest BCUT2D eigenvalue weighted by atomic mass is 35.5. The van der Waals surface area contributed by atoms with Crippen LogP contribution in [0.3, 0.4) is 0 Å². The van der Waals surface area contributed by atoms with Crippen molar-refractivity contribution < 1.29 is 0 Å². The van der Waals surface area contributed by atoms with Gasteiger partial charge in [0.25, 0.3) is 0 Å². The third kappa shape index (κ3) is 3.16. The van der Waals surface area contributed by atoms with Crippen LogP contribution in [0.25, 0.3) is 0 Å². The normalized spacial score (nSPS) is 9.64. The molecule has 0 aliphatic carbocycles. The van der Waals surface area contributed by atoms with Gasteiger partial charge in [0, 0.05) is 6.54 Å². The van der Waals surface area contributed by atoms with E-state index in [-0.39, 0.29) is 0 Å². The van der Waals surface area contributed by atoms with Crippen molar-refractivity contribution in [3.63, 3.8) is 0 Å². The maximum atomic E-state index is 5.99. The Morgan fingerprint density at radius 2 is 2.21 bits per heavy atom. The highest BCUT2D eigenvalue weighted by Crippen LogP contribution is 2.22. The van der Waals surface area contributed by atoms with E-state index in [0.29, 0.717) is 10.1 Å². The summed E-state index contributed by atoms with van der Waals surface area (Å²) in [6.07, 6.45) is 0. The number of benzene rings is 1. The number of hydrogen-bond acceptors (Lipinski definition) is 1. The van der Waals surface area contributed by atoms with Crippen LogP contribution in [0.2, 0.25) is 5.02 Å². The summed E-state index contributed by atoms with van der Waals surface area (Å²) < 4.78 is 0. The lowest BCUT2D eigenvalue weighted by atomic mass is 10.2. The van der Waals surface area contributed by atoms with Gasteiger partial charge in [-0.25, -0.2) is 0 Å². The molecule has 2 nitrogen and oxygen atoms in total. The molecule has 2 N–H and O–H groups in total. The van der Waals surface area contributed by atoms with E-state index in [1.54, 1.807) is 0 Å². The minimum atomic E-state index is 0.597. The first-order chi connectivity index (χ1) is 6.63. The van der Waals surface area contributed by atoms with E-state index in [4.69, 9.17) is 23.8 Å². The molecule has 0 spiro atoms. The lowest BCUT2D eigenvalue weighted by molar-refractivity contribution is 0.979. The summed E-state index contributed by atoms with van der Waals surface area (Å²) in [5.74, 6) is 0. The van der Waals surface area contributed by atoms with E-state index in [0.717, 1.165) is 17.8 Å². The lowest BCUT2D eigenvalue weighted by Crippen LogP contribution is -2.28. The zero-order chi connectivity index (χ0) is 10.6. The number of hydrogen-bond donors (Lipinski definition) is 2. The zero-order valence-electron chi connectivity index (χ0n) is 8.23. The van der Waals surface area contributed by atoms with Crippen molar-refractivity contribution in [3.8, 4) is 0 Å². The molecule has 0 aromatic heterocycles. The molecule has 0 fully saturated rings. The number of thiocarbonyl (C=S) groups is 1. The molecule has 0 aliphatic heterocycles. The Labute approximate surface area is 94.7 Å². The van der Waals surface area contributed by atoms with Gasteiger partial charge in [0.15, 0.2) is 5.11 Å². The zero-order valence-corrected chi connectivity index (χ0v) is 9.80. The smallest absolute Gasteiger partial charge is 0.170 e. The molecule has 0 saturated heterocycles. The molecule has 0 unspecified atom stereocenters. The maximum Gasteiger partial charge on any atom is 0.170 e. The van der Waals surface area contributed by atoms with Gasteiger partial charge >= 0.3 is 0 Å². The predicted molar refractivity (Wildman–Crippen MR) is 66.1 cm³/mol. The van der Waals surface area contributed by atoms with Gasteiger partial charge in [0.2, 0.25) is 0 Å². The van der Waals surface area contributed by atoms with Crippen molar-refractivity contribution in [2.24, 2.45) is 0 Å². The van der Waals surface area contributed by atoms with Gasteiger partial charge < -0.3 is 10.6 Å². The van der Waals surface area contributed by atoms with E-state index in [9.17, 15) is 0 Å². The average Bonchev–Trinajstić information content (AvgIpc) is 2.12. The van der Waals surface area contributed by atoms with Crippen molar-refractivity contribution in [3.05, 3.63) is 28.8 Å². The molecule has 76 valence electrons. The summed E-state index contributed by atoms with van der Waals surface area (Å²) in [7, 11) is 0. The Morgan fingerprint density at radius 1 is 1.50 bits per heavy atom. The van der Waals surface area contributed by atoms with E-state index in [1.807, 2.05) is 32.0 Å². The second-order valence-electron chi connectivity index (χ2n) is 2.97. The number of rotatable bonds is 2. The summed E-state index contributed by atoms with van der Waals surface area (Å²) in [6, 6.07) is 5.78. The minimum absolute atomic E-state index is 0.597. The first-order valence-electron chi connectivity index (χ1n) is 4.44. The number of aryl methyl sites for hydroxylation is 1. The van der Waals surface area contributed by atoms with Crippen LogP contribution < -0.4 is 10.6 Å². The van der Waals surface area contributed by atoms with Crippen molar-refractivity contribution in [2.75, 3.05) is 11.9 Å². The third-order valence-corrected chi connectivity index (χ3v) is 2.28. The van der Waals surface area contributed by atoms with Crippen LogP contribution >= 0.6 is 23.8 Å². The van der Waals surface area contributed by atoms with Crippen LogP contribution in [0, 0.1) is 6.92 Å². The standard InChI is InChI=1S/C10H13ClN2S/c1-3-12-10(14)13-9-6-7(2)4-5-8(9)11/h4-6H,3H2,1-2H3,(H2,12,13,14). The second kappa shape index (κ2) is 5.17. The van der Waals surface area contributed by atoms with Gasteiger partial charge in [-0.3, -0.25) is 0 Å². The van der Waals surface area contributed by atoms with E-state index in [1.165, 1.54) is 0 Å². The molecule has 0 atom stereocenters. The minimum Gasteiger partial charge on any atom is -0.363 e. The molecule has 0 heterocycles. The van der Waals surface area contributed by atoms with Gasteiger partial charge in [-0.05, 0) is 43.8 Å². The molecule has 0 bridgehead atoms. The van der Waals surface area contributed by atoms with Crippen molar-refractivity contribution >= 4 is 34.6 Å². The van der Waals surface area contributed by atoms with Gasteiger partial charge in [-0.1, -0.05) is 17.7 Å². The third-order valence-electron chi connectivity index (χ3n) is 1.71. The molecule has 0 amide bonds. The molecule has 1 aromatic carbocycles. The van der Waals surface area contributed by atoms with Crippen LogP contribution in [-0.2, 0) is 0 Å². The lowest BCUT2D eigenvalue weighted by Gasteiger charge is -2.10. The highest BCUT2D eigenvalue weighted by molar-refractivity contribution is 7.80. The van der Waals surface area contributed by atoms with Gasteiger partial charge in [0.1, 0.15) is 0 Å². The van der Waals surface area contributed by atoms with Gasteiger partial charge in [0.05, 0.1) is 10.7 Å². The molecule has 4 heteroatoms. The number of nitrogens with one attached hydrogen (secondary N) is 2. The van der Waals surface area contributed by atoms with E-state index >= 15 is 0 Å². The Morgan fingerprint density at radius 3 is 2.86 bits per heavy atom. The topological polar surface area (TPSA) is 24.1 Å². The van der Waals surface area contributed by atoms with Crippen molar-refractivity contribution in [1.82, 2.24) is 5.32 Å². The fourth-order valence-electron chi connectivity index (χ4n) is 1.06. The fourth-order valence-corrected chi connectivity index (χ4v) is 1.48. The van der Waals surface area contributed by atoms with Crippen molar-refractivity contribution in [2.45, 2.75) is 13.8 Å². The summed E-state index contributed by atoms with van der Waals surface area (Å²) in [6.45, 7) is 4.80. The number of halogens is 1. The molecule has 1 aromatic rings. The van der Waals surface area contributed by atoms with Crippen LogP contribution in [0.5, 0.6) is 0 Å². The first-order valence-corrected chi connectivity index (χ1v) is 5.23. The highest BCUT2D eigenvalue weighted by Gasteiger charge is 2.01. The predicted octanol–water partition coefficient (Wildman–Crippen LogP) is 2.95. The Hall–Kier alpha value is -0.800. The maximum absolute atomic E-state index is 5.99. The van der Waals surface area contributed by atoms with Crippen LogP contribution in [-0.4, -0.2) is 11.7 Å². The van der Waals surface area contributed by atoms with Gasteiger partial charge in [-0.2, -0.15) is 0 Å². The van der Waals surface area contributed by atoms with E-state index in [2.05, 4.69) is 10.6 Å². The Bertz CT molecular complexity index is 339. The summed E-state index contributed by atoms with van der Waals surface area (Å²) in [4.78, 5) is 0. The van der Waals surface area contributed by atoms with Crippen LogP contribution in [0.4, 0.5) is 5.69 Å². The molecule has 0 saturated carbocycles. The largest absolute Gasteiger partial charge is 0.363 e. The molecule has 1 rings (SSSR count). The SMILES string of the molecule is CCNC(=S)Nc1cc(C)ccc1Cl. The Balaban J connectivity index is 2.75. The quantitative estimate of drug-likeness (QED) is 0.762. The number of anilines is 1. The van der Waals surface area contributed by atoms with Crippen LogP contribution in [0.1, 0.15) is 12.5 Å². The monoisotopic (exact) mass is 228 g/mol. The summed E-state index contributed by atoms with van der Waals surface area (Å²) in [5.41, 5.74) is 1.99. The summed E-state index contributed by atoms with van der Waals surface area (Å²) in [5, 5.41) is 7.32. The molecule has 0 radical (unpaired) electrons. The molecular weight excluding hydrogens is 216 g/mol. The summed E-state index contributed by atoms with van der Waals surface area (Å²) >= 11 is 11.0. The van der Waals surface area contributed by atoms with Crippen LogP contribution in [0.15, 0.2) is 18.2 Å². The average molecular weight is 229 g/mol. The van der Waals surface area contributed by atoms with E-state index < -0.39 is 0 Å².